The Kier molecular flexibility index (Phi) is 8.36. The molecule has 3 heterocycles. The number of nitrogens with one attached hydrogen (secondary N) is 1. The van der Waals surface area contributed by atoms with E-state index in [2.05, 4.69) is 15.7 Å². The van der Waals surface area contributed by atoms with Crippen LogP contribution in [-0.4, -0.2) is 41.0 Å². The standard InChI is InChI=1S/C28H27ClN4O3S2/c1-18(34)33-12-10-19(11-13-33)25-17-37-28(31-25)32-27-26(36-21-8-6-20(29)7-9-21)15-24(16-30-27)38-23-5-3-4-22(14-23)35-2/h3-9,14-17,19H,10-13H2,1-2H3,(H,30,31,32). The van der Waals surface area contributed by atoms with Gasteiger partial charge in [-0.25, -0.2) is 9.97 Å². The molecule has 1 aliphatic heterocycles. The normalized spacial score (nSPS) is 13.8. The van der Waals surface area contributed by atoms with Crippen molar-refractivity contribution in [3.8, 4) is 17.2 Å². The third-order valence-corrected chi connectivity index (χ3v) is 8.23. The Hall–Kier alpha value is -3.27. The molecule has 0 aliphatic carbocycles. The van der Waals surface area contributed by atoms with Gasteiger partial charge in [0.25, 0.3) is 0 Å². The average Bonchev–Trinajstić information content (AvgIpc) is 3.40. The number of hydrogen-bond donors (Lipinski definition) is 1. The summed E-state index contributed by atoms with van der Waals surface area (Å²) < 4.78 is 11.6. The maximum absolute atomic E-state index is 11.7. The molecule has 1 amide bonds. The van der Waals surface area contributed by atoms with Crippen molar-refractivity contribution in [1.82, 2.24) is 14.9 Å². The van der Waals surface area contributed by atoms with Crippen LogP contribution in [0.1, 0.15) is 31.4 Å². The van der Waals surface area contributed by atoms with Crippen LogP contribution in [0.15, 0.2) is 76.0 Å². The van der Waals surface area contributed by atoms with Crippen molar-refractivity contribution in [3.63, 3.8) is 0 Å². The second-order valence-electron chi connectivity index (χ2n) is 8.84. The van der Waals surface area contributed by atoms with Gasteiger partial charge in [0.1, 0.15) is 11.5 Å². The van der Waals surface area contributed by atoms with Gasteiger partial charge >= 0.3 is 0 Å². The number of likely N-dealkylation sites (tertiary alicyclic amines) is 1. The summed E-state index contributed by atoms with van der Waals surface area (Å²) in [4.78, 5) is 25.0. The average molecular weight is 567 g/mol. The number of thiazole rings is 1. The maximum atomic E-state index is 11.7. The SMILES string of the molecule is COc1cccc(Sc2cnc(Nc3nc(C4CCN(C(C)=O)CC4)cs3)c(Oc3ccc(Cl)cc3)c2)c1. The highest BCUT2D eigenvalue weighted by Gasteiger charge is 2.24. The number of amides is 1. The highest BCUT2D eigenvalue weighted by Crippen LogP contribution is 2.38. The minimum absolute atomic E-state index is 0.136. The van der Waals surface area contributed by atoms with Crippen molar-refractivity contribution in [3.05, 3.63) is 76.9 Å². The topological polar surface area (TPSA) is 76.6 Å². The van der Waals surface area contributed by atoms with E-state index in [4.69, 9.17) is 26.1 Å². The molecule has 2 aromatic heterocycles. The summed E-state index contributed by atoms with van der Waals surface area (Å²) in [6, 6.07) is 17.1. The number of anilines is 2. The number of aromatic nitrogens is 2. The van der Waals surface area contributed by atoms with E-state index in [1.807, 2.05) is 53.6 Å². The Morgan fingerprint density at radius 2 is 1.89 bits per heavy atom. The minimum Gasteiger partial charge on any atom is -0.497 e. The first kappa shape index (κ1) is 26.3. The summed E-state index contributed by atoms with van der Waals surface area (Å²) in [5.41, 5.74) is 1.05. The maximum Gasteiger partial charge on any atom is 0.219 e. The molecule has 196 valence electrons. The van der Waals surface area contributed by atoms with Crippen molar-refractivity contribution in [1.29, 1.82) is 0 Å². The van der Waals surface area contributed by atoms with Gasteiger partial charge in [0.15, 0.2) is 16.7 Å². The number of piperidine rings is 1. The molecule has 7 nitrogen and oxygen atoms in total. The molecule has 0 spiro atoms. The first-order valence-corrected chi connectivity index (χ1v) is 14.3. The predicted octanol–water partition coefficient (Wildman–Crippen LogP) is 7.61. The number of carbonyl (C=O) groups excluding carboxylic acids is 1. The minimum atomic E-state index is 0.136. The van der Waals surface area contributed by atoms with Crippen LogP contribution in [-0.2, 0) is 4.79 Å². The molecule has 0 unspecified atom stereocenters. The van der Waals surface area contributed by atoms with Crippen molar-refractivity contribution < 1.29 is 14.3 Å². The molecule has 5 rings (SSSR count). The molecule has 38 heavy (non-hydrogen) atoms. The number of carbonyl (C=O) groups is 1. The molecule has 1 saturated heterocycles. The summed E-state index contributed by atoms with van der Waals surface area (Å²) in [5.74, 6) is 3.08. The van der Waals surface area contributed by atoms with E-state index >= 15 is 0 Å². The Morgan fingerprint density at radius 3 is 2.63 bits per heavy atom. The largest absolute Gasteiger partial charge is 0.497 e. The quantitative estimate of drug-likeness (QED) is 0.235. The van der Waals surface area contributed by atoms with E-state index in [1.165, 1.54) is 11.3 Å². The summed E-state index contributed by atoms with van der Waals surface area (Å²) in [7, 11) is 1.66. The lowest BCUT2D eigenvalue weighted by Crippen LogP contribution is -2.36. The third kappa shape index (κ3) is 6.59. The monoisotopic (exact) mass is 566 g/mol. The van der Waals surface area contributed by atoms with E-state index in [-0.39, 0.29) is 5.91 Å². The highest BCUT2D eigenvalue weighted by molar-refractivity contribution is 7.99. The number of nitrogens with zero attached hydrogens (tertiary/aromatic N) is 3. The Morgan fingerprint density at radius 1 is 1.11 bits per heavy atom. The van der Waals surface area contributed by atoms with Gasteiger partial charge in [-0.1, -0.05) is 29.4 Å². The van der Waals surface area contributed by atoms with Crippen LogP contribution in [0.2, 0.25) is 5.02 Å². The smallest absolute Gasteiger partial charge is 0.219 e. The molecule has 0 atom stereocenters. The molecule has 0 bridgehead atoms. The predicted molar refractivity (Wildman–Crippen MR) is 153 cm³/mol. The molecule has 0 radical (unpaired) electrons. The highest BCUT2D eigenvalue weighted by atomic mass is 35.5. The van der Waals surface area contributed by atoms with Gasteiger partial charge in [-0.15, -0.1) is 11.3 Å². The Balaban J connectivity index is 1.36. The van der Waals surface area contributed by atoms with Crippen molar-refractivity contribution in [2.45, 2.75) is 35.5 Å². The first-order chi connectivity index (χ1) is 18.5. The zero-order valence-electron chi connectivity index (χ0n) is 21.0. The third-order valence-electron chi connectivity index (χ3n) is 6.25. The molecule has 0 saturated carbocycles. The van der Waals surface area contributed by atoms with E-state index in [0.717, 1.165) is 52.3 Å². The van der Waals surface area contributed by atoms with Gasteiger partial charge in [0.2, 0.25) is 5.91 Å². The molecule has 10 heteroatoms. The Labute approximate surface area is 235 Å². The molecular weight excluding hydrogens is 540 g/mol. The van der Waals surface area contributed by atoms with Crippen molar-refractivity contribution in [2.24, 2.45) is 0 Å². The van der Waals surface area contributed by atoms with Crippen molar-refractivity contribution in [2.75, 3.05) is 25.5 Å². The summed E-state index contributed by atoms with van der Waals surface area (Å²) in [6.45, 7) is 3.17. The molecule has 1 N–H and O–H groups in total. The molecule has 4 aromatic rings. The van der Waals surface area contributed by atoms with Crippen LogP contribution < -0.4 is 14.8 Å². The van der Waals surface area contributed by atoms with E-state index in [9.17, 15) is 4.79 Å². The number of halogens is 1. The number of methoxy groups -OCH3 is 1. The molecule has 2 aromatic carbocycles. The van der Waals surface area contributed by atoms with Gasteiger partial charge in [-0.2, -0.15) is 0 Å². The van der Waals surface area contributed by atoms with Crippen LogP contribution in [0.4, 0.5) is 10.9 Å². The number of benzene rings is 2. The zero-order valence-corrected chi connectivity index (χ0v) is 23.4. The van der Waals surface area contributed by atoms with Gasteiger partial charge < -0.3 is 19.7 Å². The molecule has 1 aliphatic rings. The lowest BCUT2D eigenvalue weighted by molar-refractivity contribution is -0.129. The van der Waals surface area contributed by atoms with Crippen LogP contribution in [0.25, 0.3) is 0 Å². The summed E-state index contributed by atoms with van der Waals surface area (Å²) in [6.07, 6.45) is 3.65. The molecular formula is C28H27ClN4O3S2. The van der Waals surface area contributed by atoms with Gasteiger partial charge in [-0.05, 0) is 55.3 Å². The van der Waals surface area contributed by atoms with Crippen LogP contribution in [0.5, 0.6) is 17.2 Å². The second kappa shape index (κ2) is 12.1. The van der Waals surface area contributed by atoms with Crippen molar-refractivity contribution >= 4 is 51.6 Å². The van der Waals surface area contributed by atoms with Crippen LogP contribution >= 0.6 is 34.7 Å². The van der Waals surface area contributed by atoms with Gasteiger partial charge in [0.05, 0.1) is 12.8 Å². The lowest BCUT2D eigenvalue weighted by atomic mass is 9.94. The number of rotatable bonds is 8. The number of hydrogen-bond acceptors (Lipinski definition) is 8. The van der Waals surface area contributed by atoms with Crippen LogP contribution in [0.3, 0.4) is 0 Å². The van der Waals surface area contributed by atoms with E-state index in [0.29, 0.717) is 28.3 Å². The fourth-order valence-electron chi connectivity index (χ4n) is 4.21. The number of pyridine rings is 1. The fourth-order valence-corrected chi connectivity index (χ4v) is 5.99. The van der Waals surface area contributed by atoms with Crippen LogP contribution in [0, 0.1) is 0 Å². The van der Waals surface area contributed by atoms with E-state index < -0.39 is 0 Å². The lowest BCUT2D eigenvalue weighted by Gasteiger charge is -2.30. The second-order valence-corrected chi connectivity index (χ2v) is 11.3. The zero-order chi connectivity index (χ0) is 26.5. The molecule has 1 fully saturated rings. The van der Waals surface area contributed by atoms with E-state index in [1.54, 1.807) is 37.9 Å². The van der Waals surface area contributed by atoms with Gasteiger partial charge in [-0.3, -0.25) is 4.79 Å². The Bertz CT molecular complexity index is 1410. The summed E-state index contributed by atoms with van der Waals surface area (Å²) in [5, 5.41) is 6.82. The number of ether oxygens (including phenoxy) is 2. The summed E-state index contributed by atoms with van der Waals surface area (Å²) >= 11 is 9.17. The fraction of sp³-hybridized carbons (Fsp3) is 0.250. The first-order valence-electron chi connectivity index (χ1n) is 12.2. The van der Waals surface area contributed by atoms with Gasteiger partial charge in [0, 0.05) is 58.4 Å².